The van der Waals surface area contributed by atoms with E-state index in [-0.39, 0.29) is 18.4 Å². The SMILES string of the molecule is CCCCc1ccc(CC(=O)N(C)CC(=O)Nc2ccc(N3CCOCC3)cc2)cc1. The van der Waals surface area contributed by atoms with E-state index in [9.17, 15) is 9.59 Å². The molecular weight excluding hydrogens is 390 g/mol. The Kier molecular flexibility index (Phi) is 8.47. The quantitative estimate of drug-likeness (QED) is 0.671. The van der Waals surface area contributed by atoms with Gasteiger partial charge in [-0.15, -0.1) is 0 Å². The van der Waals surface area contributed by atoms with Crippen molar-refractivity contribution in [3.8, 4) is 0 Å². The smallest absolute Gasteiger partial charge is 0.243 e. The first-order valence-corrected chi connectivity index (χ1v) is 11.1. The Morgan fingerprint density at radius 3 is 2.29 bits per heavy atom. The van der Waals surface area contributed by atoms with Gasteiger partial charge in [0.1, 0.15) is 0 Å². The number of nitrogens with one attached hydrogen (secondary N) is 1. The fraction of sp³-hybridized carbons (Fsp3) is 0.440. The lowest BCUT2D eigenvalue weighted by Crippen LogP contribution is -2.36. The summed E-state index contributed by atoms with van der Waals surface area (Å²) in [7, 11) is 1.67. The minimum Gasteiger partial charge on any atom is -0.378 e. The molecule has 1 fully saturated rings. The van der Waals surface area contributed by atoms with Crippen LogP contribution in [0.5, 0.6) is 0 Å². The Bertz CT molecular complexity index is 843. The van der Waals surface area contributed by atoms with Gasteiger partial charge in [0.2, 0.25) is 11.8 Å². The number of morpholine rings is 1. The topological polar surface area (TPSA) is 61.9 Å². The second kappa shape index (κ2) is 11.5. The van der Waals surface area contributed by atoms with Gasteiger partial charge in [0, 0.05) is 31.5 Å². The molecule has 6 nitrogen and oxygen atoms in total. The van der Waals surface area contributed by atoms with E-state index in [2.05, 4.69) is 29.3 Å². The molecule has 0 bridgehead atoms. The minimum atomic E-state index is -0.204. The first-order valence-electron chi connectivity index (χ1n) is 11.1. The summed E-state index contributed by atoms with van der Waals surface area (Å²) in [6.07, 6.45) is 3.71. The highest BCUT2D eigenvalue weighted by molar-refractivity contribution is 5.94. The van der Waals surface area contributed by atoms with Gasteiger partial charge in [-0.2, -0.15) is 0 Å². The van der Waals surface area contributed by atoms with Gasteiger partial charge in [-0.3, -0.25) is 9.59 Å². The predicted molar refractivity (Wildman–Crippen MR) is 124 cm³/mol. The number of hydrogen-bond donors (Lipinski definition) is 1. The van der Waals surface area contributed by atoms with Gasteiger partial charge >= 0.3 is 0 Å². The van der Waals surface area contributed by atoms with Crippen molar-refractivity contribution in [1.29, 1.82) is 0 Å². The number of benzene rings is 2. The maximum absolute atomic E-state index is 12.5. The van der Waals surface area contributed by atoms with Gasteiger partial charge in [-0.1, -0.05) is 37.6 Å². The molecule has 2 aromatic rings. The summed E-state index contributed by atoms with van der Waals surface area (Å²) in [4.78, 5) is 28.6. The number of carbonyl (C=O) groups is 2. The molecule has 31 heavy (non-hydrogen) atoms. The summed E-state index contributed by atoms with van der Waals surface area (Å²) in [5.41, 5.74) is 4.11. The third-order valence-electron chi connectivity index (χ3n) is 5.53. The van der Waals surface area contributed by atoms with Crippen LogP contribution in [0.15, 0.2) is 48.5 Å². The molecule has 0 spiro atoms. The summed E-state index contributed by atoms with van der Waals surface area (Å²) >= 11 is 0. The molecule has 1 aliphatic heterocycles. The molecule has 0 radical (unpaired) electrons. The second-order valence-electron chi connectivity index (χ2n) is 8.04. The summed E-state index contributed by atoms with van der Waals surface area (Å²) in [5.74, 6) is -0.274. The highest BCUT2D eigenvalue weighted by atomic mass is 16.5. The van der Waals surface area contributed by atoms with E-state index in [1.54, 1.807) is 7.05 Å². The number of amides is 2. The minimum absolute atomic E-state index is 0.0264. The van der Waals surface area contributed by atoms with Crippen molar-refractivity contribution in [1.82, 2.24) is 4.90 Å². The standard InChI is InChI=1S/C25H33N3O3/c1-3-4-5-20-6-8-21(9-7-20)18-25(30)27(2)19-24(29)26-22-10-12-23(13-11-22)28-14-16-31-17-15-28/h6-13H,3-5,14-19H2,1-2H3,(H,26,29). The van der Waals surface area contributed by atoms with Crippen LogP contribution < -0.4 is 10.2 Å². The molecule has 166 valence electrons. The monoisotopic (exact) mass is 423 g/mol. The largest absolute Gasteiger partial charge is 0.378 e. The Balaban J connectivity index is 1.45. The van der Waals surface area contributed by atoms with Crippen LogP contribution in [0.2, 0.25) is 0 Å². The number of anilines is 2. The van der Waals surface area contributed by atoms with Crippen LogP contribution in [0.3, 0.4) is 0 Å². The molecule has 0 saturated carbocycles. The van der Waals surface area contributed by atoms with Crippen LogP contribution in [-0.4, -0.2) is 56.6 Å². The number of ether oxygens (including phenoxy) is 1. The molecule has 6 heteroatoms. The molecule has 1 N–H and O–H groups in total. The molecule has 0 unspecified atom stereocenters. The van der Waals surface area contributed by atoms with Gasteiger partial charge in [0.05, 0.1) is 26.2 Å². The van der Waals surface area contributed by atoms with Gasteiger partial charge in [0.25, 0.3) is 0 Å². The molecule has 0 aliphatic carbocycles. The van der Waals surface area contributed by atoms with E-state index in [4.69, 9.17) is 4.74 Å². The van der Waals surface area contributed by atoms with E-state index >= 15 is 0 Å². The summed E-state index contributed by atoms with van der Waals surface area (Å²) in [5, 5.41) is 2.87. The van der Waals surface area contributed by atoms with Crippen LogP contribution in [-0.2, 0) is 27.2 Å². The Morgan fingerprint density at radius 1 is 1.00 bits per heavy atom. The highest BCUT2D eigenvalue weighted by Gasteiger charge is 2.15. The van der Waals surface area contributed by atoms with Crippen molar-refractivity contribution in [2.75, 3.05) is 50.1 Å². The predicted octanol–water partition coefficient (Wildman–Crippen LogP) is 3.51. The zero-order valence-electron chi connectivity index (χ0n) is 18.6. The van der Waals surface area contributed by atoms with Gasteiger partial charge in [-0.25, -0.2) is 0 Å². The number of carbonyl (C=O) groups excluding carboxylic acids is 2. The van der Waals surface area contributed by atoms with Crippen LogP contribution in [0.1, 0.15) is 30.9 Å². The van der Waals surface area contributed by atoms with Gasteiger partial charge in [-0.05, 0) is 48.2 Å². The summed E-state index contributed by atoms with van der Waals surface area (Å²) in [6, 6.07) is 16.0. The first-order chi connectivity index (χ1) is 15.0. The molecule has 0 aromatic heterocycles. The maximum Gasteiger partial charge on any atom is 0.243 e. The third kappa shape index (κ3) is 7.10. The van der Waals surface area contributed by atoms with Crippen LogP contribution in [0.25, 0.3) is 0 Å². The number of hydrogen-bond acceptors (Lipinski definition) is 4. The third-order valence-corrected chi connectivity index (χ3v) is 5.53. The lowest BCUT2D eigenvalue weighted by Gasteiger charge is -2.28. The number of aryl methyl sites for hydroxylation is 1. The fourth-order valence-electron chi connectivity index (χ4n) is 3.60. The van der Waals surface area contributed by atoms with Crippen molar-refractivity contribution >= 4 is 23.2 Å². The van der Waals surface area contributed by atoms with Crippen LogP contribution in [0.4, 0.5) is 11.4 Å². The molecule has 1 saturated heterocycles. The molecular formula is C25H33N3O3. The zero-order valence-corrected chi connectivity index (χ0v) is 18.6. The number of unbranched alkanes of at least 4 members (excludes halogenated alkanes) is 1. The molecule has 1 heterocycles. The maximum atomic E-state index is 12.5. The van der Waals surface area contributed by atoms with E-state index in [1.807, 2.05) is 36.4 Å². The summed E-state index contributed by atoms with van der Waals surface area (Å²) in [6.45, 7) is 5.43. The number of likely N-dealkylation sites (N-methyl/N-ethyl adjacent to an activating group) is 1. The van der Waals surface area contributed by atoms with Crippen molar-refractivity contribution < 1.29 is 14.3 Å². The lowest BCUT2D eigenvalue weighted by atomic mass is 10.0. The van der Waals surface area contributed by atoms with E-state index < -0.39 is 0 Å². The van der Waals surface area contributed by atoms with Gasteiger partial charge in [0.15, 0.2) is 0 Å². The molecule has 3 rings (SSSR count). The zero-order chi connectivity index (χ0) is 22.1. The first kappa shape index (κ1) is 22.8. The average Bonchev–Trinajstić information content (AvgIpc) is 2.79. The fourth-order valence-corrected chi connectivity index (χ4v) is 3.60. The Labute approximate surface area is 185 Å². The Hall–Kier alpha value is -2.86. The van der Waals surface area contributed by atoms with Crippen molar-refractivity contribution in [3.05, 3.63) is 59.7 Å². The second-order valence-corrected chi connectivity index (χ2v) is 8.04. The van der Waals surface area contributed by atoms with Crippen molar-refractivity contribution in [2.45, 2.75) is 32.6 Å². The lowest BCUT2D eigenvalue weighted by molar-refractivity contribution is -0.132. The summed E-state index contributed by atoms with van der Waals surface area (Å²) < 4.78 is 5.38. The molecule has 1 aliphatic rings. The van der Waals surface area contributed by atoms with E-state index in [1.165, 1.54) is 23.3 Å². The Morgan fingerprint density at radius 2 is 1.65 bits per heavy atom. The van der Waals surface area contributed by atoms with Crippen LogP contribution >= 0.6 is 0 Å². The molecule has 2 aromatic carbocycles. The normalized spacial score (nSPS) is 13.7. The van der Waals surface area contributed by atoms with E-state index in [0.29, 0.717) is 6.42 Å². The molecule has 0 atom stereocenters. The van der Waals surface area contributed by atoms with E-state index in [0.717, 1.165) is 49.7 Å². The number of nitrogens with zero attached hydrogens (tertiary/aromatic N) is 2. The van der Waals surface area contributed by atoms with Crippen molar-refractivity contribution in [2.24, 2.45) is 0 Å². The molecule has 2 amide bonds. The van der Waals surface area contributed by atoms with Crippen molar-refractivity contribution in [3.63, 3.8) is 0 Å². The highest BCUT2D eigenvalue weighted by Crippen LogP contribution is 2.19. The average molecular weight is 424 g/mol. The van der Waals surface area contributed by atoms with Gasteiger partial charge < -0.3 is 19.9 Å². The number of rotatable bonds is 9. The van der Waals surface area contributed by atoms with Crippen LogP contribution in [0, 0.1) is 0 Å².